The van der Waals surface area contributed by atoms with E-state index in [9.17, 15) is 23.2 Å². The van der Waals surface area contributed by atoms with Crippen LogP contribution in [-0.4, -0.2) is 52.1 Å². The van der Waals surface area contributed by atoms with E-state index in [0.717, 1.165) is 31.3 Å². The number of rotatable bonds is 5. The first-order valence-corrected chi connectivity index (χ1v) is 7.76. The highest BCUT2D eigenvalue weighted by atomic mass is 19.1. The van der Waals surface area contributed by atoms with E-state index in [0.29, 0.717) is 0 Å². The van der Waals surface area contributed by atoms with E-state index in [2.05, 4.69) is 9.47 Å². The number of methoxy groups -OCH3 is 2. The van der Waals surface area contributed by atoms with Crippen LogP contribution in [0.25, 0.3) is 0 Å². The normalized spacial score (nSPS) is 14.0. The van der Waals surface area contributed by atoms with Crippen molar-refractivity contribution in [3.05, 3.63) is 40.6 Å². The van der Waals surface area contributed by atoms with Gasteiger partial charge in [0, 0.05) is 0 Å². The Morgan fingerprint density at radius 2 is 1.67 bits per heavy atom. The monoisotopic (exact) mass is 385 g/mol. The number of halogens is 2. The number of benzene rings is 1. The van der Waals surface area contributed by atoms with Crippen LogP contribution in [0.2, 0.25) is 0 Å². The highest BCUT2D eigenvalue weighted by Crippen LogP contribution is 2.32. The lowest BCUT2D eigenvalue weighted by atomic mass is 10.1. The molecule has 0 saturated carbocycles. The van der Waals surface area contributed by atoms with Crippen molar-refractivity contribution in [2.75, 3.05) is 39.1 Å². The molecule has 0 fully saturated rings. The molecule has 0 atom stereocenters. The molecule has 0 bridgehead atoms. The third-order valence-corrected chi connectivity index (χ3v) is 3.63. The smallest absolute Gasteiger partial charge is 0.355 e. The minimum Gasteiger partial charge on any atom is -0.466 e. The van der Waals surface area contributed by atoms with Gasteiger partial charge in [0.1, 0.15) is 18.1 Å². The lowest BCUT2D eigenvalue weighted by Gasteiger charge is -2.31. The van der Waals surface area contributed by atoms with Crippen LogP contribution in [0.4, 0.5) is 14.5 Å². The Bertz CT molecular complexity index is 783. The van der Waals surface area contributed by atoms with Crippen molar-refractivity contribution < 1.29 is 42.1 Å². The Morgan fingerprint density at radius 1 is 1.07 bits per heavy atom. The fourth-order valence-corrected chi connectivity index (χ4v) is 2.48. The first kappa shape index (κ1) is 20.3. The molecule has 8 nitrogen and oxygen atoms in total. The number of esters is 3. The lowest BCUT2D eigenvalue weighted by Crippen LogP contribution is -2.39. The molecule has 0 N–H and O–H groups in total. The number of anilines is 1. The third-order valence-electron chi connectivity index (χ3n) is 3.63. The van der Waals surface area contributed by atoms with Gasteiger partial charge >= 0.3 is 17.9 Å². The molecule has 1 heterocycles. The van der Waals surface area contributed by atoms with Gasteiger partial charge in [0.25, 0.3) is 0 Å². The van der Waals surface area contributed by atoms with Crippen LogP contribution in [0, 0.1) is 11.6 Å². The second-order valence-corrected chi connectivity index (χ2v) is 5.22. The summed E-state index contributed by atoms with van der Waals surface area (Å²) in [5.74, 6) is -5.14. The van der Waals surface area contributed by atoms with Gasteiger partial charge < -0.3 is 23.8 Å². The maximum absolute atomic E-state index is 14.6. The van der Waals surface area contributed by atoms with Crippen molar-refractivity contribution in [3.63, 3.8) is 0 Å². The average Bonchev–Trinajstić information content (AvgIpc) is 2.66. The summed E-state index contributed by atoms with van der Waals surface area (Å²) in [6, 6.07) is 1.52. The number of carbonyl (C=O) groups is 3. The first-order valence-electron chi connectivity index (χ1n) is 7.76. The average molecular weight is 385 g/mol. The van der Waals surface area contributed by atoms with Crippen molar-refractivity contribution in [2.24, 2.45) is 0 Å². The number of nitrogens with zero attached hydrogens (tertiary/aromatic N) is 1. The van der Waals surface area contributed by atoms with Crippen LogP contribution in [0.5, 0.6) is 0 Å². The molecular formula is C17H17F2NO7. The number of carbonyl (C=O) groups excluding carboxylic acids is 3. The summed E-state index contributed by atoms with van der Waals surface area (Å²) >= 11 is 0. The molecular weight excluding hydrogens is 368 g/mol. The molecule has 1 aliphatic rings. The van der Waals surface area contributed by atoms with Gasteiger partial charge in [0.2, 0.25) is 0 Å². The molecule has 0 aromatic heterocycles. The zero-order chi connectivity index (χ0) is 20.1. The molecule has 0 saturated heterocycles. The molecule has 0 aliphatic carbocycles. The second-order valence-electron chi connectivity index (χ2n) is 5.22. The van der Waals surface area contributed by atoms with E-state index >= 15 is 0 Å². The van der Waals surface area contributed by atoms with Crippen molar-refractivity contribution in [3.8, 4) is 0 Å². The van der Waals surface area contributed by atoms with Gasteiger partial charge in [-0.3, -0.25) is 0 Å². The van der Waals surface area contributed by atoms with E-state index in [-0.39, 0.29) is 24.4 Å². The van der Waals surface area contributed by atoms with Gasteiger partial charge in [0.05, 0.1) is 38.6 Å². The Labute approximate surface area is 153 Å². The highest BCUT2D eigenvalue weighted by molar-refractivity contribution is 6.03. The zero-order valence-corrected chi connectivity index (χ0v) is 14.8. The molecule has 0 amide bonds. The SMILES string of the molecule is CCOC(=O)c1cc(F)c(N2COCC(C(=O)OC)=C2C(=O)OC)c(F)c1. The van der Waals surface area contributed by atoms with Gasteiger partial charge in [-0.1, -0.05) is 0 Å². The maximum Gasteiger partial charge on any atom is 0.355 e. The summed E-state index contributed by atoms with van der Waals surface area (Å²) < 4.78 is 48.3. The standard InChI is InChI=1S/C17H17F2NO7/c1-4-27-15(21)9-5-11(18)14(12(19)6-9)20-8-26-7-10(16(22)24-2)13(20)17(23)25-3/h5-6H,4,7-8H2,1-3H3. The van der Waals surface area contributed by atoms with Gasteiger partial charge in [-0.25, -0.2) is 23.2 Å². The molecule has 10 heteroatoms. The van der Waals surface area contributed by atoms with Crippen LogP contribution in [0.1, 0.15) is 17.3 Å². The largest absolute Gasteiger partial charge is 0.466 e. The van der Waals surface area contributed by atoms with E-state index < -0.39 is 47.7 Å². The summed E-state index contributed by atoms with van der Waals surface area (Å²) in [5.41, 5.74) is -1.71. The van der Waals surface area contributed by atoms with E-state index in [1.54, 1.807) is 6.92 Å². The quantitative estimate of drug-likeness (QED) is 0.557. The summed E-state index contributed by atoms with van der Waals surface area (Å²) in [4.78, 5) is 36.6. The van der Waals surface area contributed by atoms with Crippen molar-refractivity contribution in [1.29, 1.82) is 0 Å². The fourth-order valence-electron chi connectivity index (χ4n) is 2.48. The topological polar surface area (TPSA) is 91.4 Å². The van der Waals surface area contributed by atoms with Crippen LogP contribution < -0.4 is 4.90 Å². The Morgan fingerprint density at radius 3 is 2.19 bits per heavy atom. The van der Waals surface area contributed by atoms with Crippen LogP contribution in [0.3, 0.4) is 0 Å². The molecule has 1 aromatic carbocycles. The maximum atomic E-state index is 14.6. The number of hydrogen-bond donors (Lipinski definition) is 0. The second kappa shape index (κ2) is 8.58. The Kier molecular flexibility index (Phi) is 6.45. The fraction of sp³-hybridized carbons (Fsp3) is 0.353. The predicted molar refractivity (Wildman–Crippen MR) is 86.7 cm³/mol. The predicted octanol–water partition coefficient (Wildman–Crippen LogP) is 1.54. The minimum atomic E-state index is -1.16. The minimum absolute atomic E-state index is 0.0293. The molecule has 0 unspecified atom stereocenters. The van der Waals surface area contributed by atoms with Crippen molar-refractivity contribution in [1.82, 2.24) is 0 Å². The summed E-state index contributed by atoms with van der Waals surface area (Å²) in [7, 11) is 2.13. The molecule has 27 heavy (non-hydrogen) atoms. The molecule has 2 rings (SSSR count). The molecule has 146 valence electrons. The Balaban J connectivity index is 2.59. The van der Waals surface area contributed by atoms with Crippen LogP contribution in [0.15, 0.2) is 23.4 Å². The number of ether oxygens (including phenoxy) is 4. The van der Waals surface area contributed by atoms with Crippen LogP contribution >= 0.6 is 0 Å². The highest BCUT2D eigenvalue weighted by Gasteiger charge is 2.35. The van der Waals surface area contributed by atoms with E-state index in [1.807, 2.05) is 0 Å². The van der Waals surface area contributed by atoms with Crippen molar-refractivity contribution in [2.45, 2.75) is 6.92 Å². The Hall–Kier alpha value is -3.01. The number of hydrogen-bond acceptors (Lipinski definition) is 8. The molecule has 0 radical (unpaired) electrons. The molecule has 0 spiro atoms. The van der Waals surface area contributed by atoms with Crippen molar-refractivity contribution >= 4 is 23.6 Å². The molecule has 1 aliphatic heterocycles. The van der Waals surface area contributed by atoms with E-state index in [1.165, 1.54) is 0 Å². The molecule has 1 aromatic rings. The van der Waals surface area contributed by atoms with E-state index in [4.69, 9.17) is 9.47 Å². The summed E-state index contributed by atoms with van der Waals surface area (Å²) in [6.07, 6.45) is 0. The lowest BCUT2D eigenvalue weighted by molar-refractivity contribution is -0.140. The van der Waals surface area contributed by atoms with Gasteiger partial charge in [-0.15, -0.1) is 0 Å². The van der Waals surface area contributed by atoms with Gasteiger partial charge in [-0.2, -0.15) is 0 Å². The van der Waals surface area contributed by atoms with Crippen LogP contribution in [-0.2, 0) is 28.5 Å². The first-order chi connectivity index (χ1) is 12.8. The van der Waals surface area contributed by atoms with Gasteiger partial charge in [-0.05, 0) is 19.1 Å². The zero-order valence-electron chi connectivity index (χ0n) is 14.8. The summed E-state index contributed by atoms with van der Waals surface area (Å²) in [5, 5.41) is 0. The third kappa shape index (κ3) is 4.05. The summed E-state index contributed by atoms with van der Waals surface area (Å²) in [6.45, 7) is 0.836. The van der Waals surface area contributed by atoms with Gasteiger partial charge in [0.15, 0.2) is 11.6 Å².